The Morgan fingerprint density at radius 2 is 2.11 bits per heavy atom. The Kier molecular flexibility index (Phi) is 5.18. The first-order chi connectivity index (χ1) is 13.0. The summed E-state index contributed by atoms with van der Waals surface area (Å²) in [5.74, 6) is 0.589. The fourth-order valence-corrected chi connectivity index (χ4v) is 4.64. The summed E-state index contributed by atoms with van der Waals surface area (Å²) in [6.45, 7) is 4.66. The van der Waals surface area contributed by atoms with E-state index in [1.165, 1.54) is 4.70 Å². The molecule has 3 heterocycles. The SMILES string of the molecule is Cc1nc(Cc2nn(CN(C)[C@@H](C)c3nc4ccccc4s3)c(=S)o2)cs1. The van der Waals surface area contributed by atoms with E-state index < -0.39 is 0 Å². The largest absolute Gasteiger partial charge is 0.414 e. The van der Waals surface area contributed by atoms with Crippen LogP contribution in [-0.2, 0) is 13.1 Å². The van der Waals surface area contributed by atoms with Crippen LogP contribution >= 0.6 is 34.9 Å². The summed E-state index contributed by atoms with van der Waals surface area (Å²) in [5.41, 5.74) is 1.99. The van der Waals surface area contributed by atoms with Crippen LogP contribution in [0, 0.1) is 11.8 Å². The Morgan fingerprint density at radius 1 is 1.30 bits per heavy atom. The van der Waals surface area contributed by atoms with Crippen LogP contribution < -0.4 is 0 Å². The summed E-state index contributed by atoms with van der Waals surface area (Å²) in [6.07, 6.45) is 0.554. The Hall–Kier alpha value is -1.94. The molecule has 27 heavy (non-hydrogen) atoms. The highest BCUT2D eigenvalue weighted by Gasteiger charge is 2.18. The number of aryl methyl sites for hydroxylation is 1. The molecule has 0 radical (unpaired) electrons. The number of para-hydroxylation sites is 1. The number of aromatic nitrogens is 4. The highest BCUT2D eigenvalue weighted by atomic mass is 32.1. The minimum absolute atomic E-state index is 0.144. The second-order valence-corrected chi connectivity index (χ2v) is 8.86. The average molecular weight is 418 g/mol. The minimum Gasteiger partial charge on any atom is -0.414 e. The number of hydrogen-bond acceptors (Lipinski definition) is 8. The van der Waals surface area contributed by atoms with E-state index in [0.717, 1.165) is 21.2 Å². The van der Waals surface area contributed by atoms with Gasteiger partial charge in [0.1, 0.15) is 5.01 Å². The van der Waals surface area contributed by atoms with Gasteiger partial charge in [-0.2, -0.15) is 0 Å². The van der Waals surface area contributed by atoms with Crippen LogP contribution in [0.25, 0.3) is 10.2 Å². The van der Waals surface area contributed by atoms with E-state index >= 15 is 0 Å². The first kappa shape index (κ1) is 18.4. The number of fused-ring (bicyclic) bond motifs is 1. The number of nitrogens with zero attached hydrogens (tertiary/aromatic N) is 5. The predicted molar refractivity (Wildman–Crippen MR) is 111 cm³/mol. The lowest BCUT2D eigenvalue weighted by atomic mass is 10.3. The Balaban J connectivity index is 1.48. The van der Waals surface area contributed by atoms with E-state index in [-0.39, 0.29) is 6.04 Å². The number of hydrogen-bond donors (Lipinski definition) is 0. The predicted octanol–water partition coefficient (Wildman–Crippen LogP) is 4.82. The Morgan fingerprint density at radius 3 is 2.85 bits per heavy atom. The van der Waals surface area contributed by atoms with Crippen molar-refractivity contribution in [1.82, 2.24) is 24.6 Å². The molecule has 0 fully saturated rings. The van der Waals surface area contributed by atoms with Crippen molar-refractivity contribution in [2.75, 3.05) is 7.05 Å². The summed E-state index contributed by atoms with van der Waals surface area (Å²) >= 11 is 8.68. The summed E-state index contributed by atoms with van der Waals surface area (Å²) in [4.78, 5) is 11.7. The van der Waals surface area contributed by atoms with Gasteiger partial charge in [0.05, 0.1) is 40.0 Å². The molecule has 0 aliphatic carbocycles. The van der Waals surface area contributed by atoms with Gasteiger partial charge in [-0.3, -0.25) is 4.90 Å². The van der Waals surface area contributed by atoms with Crippen molar-refractivity contribution in [1.29, 1.82) is 0 Å². The lowest BCUT2D eigenvalue weighted by Crippen LogP contribution is -2.26. The summed E-state index contributed by atoms with van der Waals surface area (Å²) in [6, 6.07) is 8.34. The van der Waals surface area contributed by atoms with Gasteiger partial charge in [0.2, 0.25) is 5.89 Å². The van der Waals surface area contributed by atoms with Crippen LogP contribution in [0.4, 0.5) is 0 Å². The molecule has 0 spiro atoms. The fraction of sp³-hybridized carbons (Fsp3) is 0.333. The van der Waals surface area contributed by atoms with Gasteiger partial charge in [0.15, 0.2) is 0 Å². The molecule has 0 aliphatic heterocycles. The van der Waals surface area contributed by atoms with Crippen molar-refractivity contribution in [2.45, 2.75) is 33.0 Å². The summed E-state index contributed by atoms with van der Waals surface area (Å²) in [5, 5.41) is 8.66. The smallest absolute Gasteiger partial charge is 0.288 e. The van der Waals surface area contributed by atoms with E-state index in [9.17, 15) is 0 Å². The maximum Gasteiger partial charge on any atom is 0.288 e. The number of rotatable bonds is 6. The maximum absolute atomic E-state index is 5.65. The Labute approximate surface area is 170 Å². The highest BCUT2D eigenvalue weighted by molar-refractivity contribution is 7.71. The summed E-state index contributed by atoms with van der Waals surface area (Å²) < 4.78 is 8.57. The van der Waals surface area contributed by atoms with Crippen molar-refractivity contribution >= 4 is 45.1 Å². The van der Waals surface area contributed by atoms with Gasteiger partial charge in [-0.1, -0.05) is 12.1 Å². The molecule has 1 aromatic carbocycles. The molecule has 4 rings (SSSR count). The van der Waals surface area contributed by atoms with Gasteiger partial charge in [-0.15, -0.1) is 27.8 Å². The molecule has 0 amide bonds. The zero-order chi connectivity index (χ0) is 19.0. The van der Waals surface area contributed by atoms with Crippen LogP contribution in [0.15, 0.2) is 34.1 Å². The Bertz CT molecular complexity index is 1090. The van der Waals surface area contributed by atoms with Gasteiger partial charge in [0, 0.05) is 5.38 Å². The molecular weight excluding hydrogens is 398 g/mol. The van der Waals surface area contributed by atoms with Crippen LogP contribution in [-0.4, -0.2) is 31.7 Å². The number of benzene rings is 1. The number of thiazole rings is 2. The molecule has 140 valence electrons. The van der Waals surface area contributed by atoms with E-state index in [4.69, 9.17) is 21.6 Å². The lowest BCUT2D eigenvalue weighted by Gasteiger charge is -2.22. The van der Waals surface area contributed by atoms with E-state index in [1.807, 2.05) is 37.6 Å². The minimum atomic E-state index is 0.144. The molecular formula is C18H19N5OS3. The van der Waals surface area contributed by atoms with Crippen LogP contribution in [0.3, 0.4) is 0 Å². The van der Waals surface area contributed by atoms with Gasteiger partial charge < -0.3 is 4.42 Å². The fourth-order valence-electron chi connectivity index (χ4n) is 2.75. The highest BCUT2D eigenvalue weighted by Crippen LogP contribution is 2.29. The van der Waals surface area contributed by atoms with Crippen molar-refractivity contribution in [3.8, 4) is 0 Å². The maximum atomic E-state index is 5.65. The molecule has 0 unspecified atom stereocenters. The van der Waals surface area contributed by atoms with Crippen molar-refractivity contribution < 1.29 is 4.42 Å². The molecule has 0 N–H and O–H groups in total. The molecule has 0 aliphatic rings. The first-order valence-corrected chi connectivity index (χ1v) is 10.6. The molecule has 9 heteroatoms. The second-order valence-electron chi connectivity index (χ2n) is 6.39. The van der Waals surface area contributed by atoms with Gasteiger partial charge >= 0.3 is 0 Å². The van der Waals surface area contributed by atoms with Gasteiger partial charge in [-0.05, 0) is 45.2 Å². The topological polar surface area (TPSA) is 60.0 Å². The van der Waals surface area contributed by atoms with Crippen molar-refractivity contribution in [3.63, 3.8) is 0 Å². The van der Waals surface area contributed by atoms with Crippen LogP contribution in [0.2, 0.25) is 0 Å². The van der Waals surface area contributed by atoms with Crippen LogP contribution in [0.1, 0.15) is 34.6 Å². The summed E-state index contributed by atoms with van der Waals surface area (Å²) in [7, 11) is 2.04. The molecule has 3 aromatic heterocycles. The van der Waals surface area contributed by atoms with Gasteiger partial charge in [-0.25, -0.2) is 14.6 Å². The normalized spacial score (nSPS) is 12.9. The third-order valence-electron chi connectivity index (χ3n) is 4.33. The monoisotopic (exact) mass is 417 g/mol. The second kappa shape index (κ2) is 7.59. The molecule has 0 saturated carbocycles. The quantitative estimate of drug-likeness (QED) is 0.419. The molecule has 0 bridgehead atoms. The van der Waals surface area contributed by atoms with Crippen molar-refractivity contribution in [2.24, 2.45) is 0 Å². The molecule has 1 atom stereocenters. The zero-order valence-electron chi connectivity index (χ0n) is 15.2. The zero-order valence-corrected chi connectivity index (χ0v) is 17.7. The average Bonchev–Trinajstić information content (AvgIpc) is 3.33. The third kappa shape index (κ3) is 4.01. The third-order valence-corrected chi connectivity index (χ3v) is 6.66. The molecule has 4 aromatic rings. The van der Waals surface area contributed by atoms with Crippen molar-refractivity contribution in [3.05, 3.63) is 56.1 Å². The lowest BCUT2D eigenvalue weighted by molar-refractivity contribution is 0.192. The molecule has 6 nitrogen and oxygen atoms in total. The first-order valence-electron chi connectivity index (χ1n) is 8.53. The molecule has 0 saturated heterocycles. The standard InChI is InChI=1S/C18H19N5OS3/c1-11(17-20-14-6-4-5-7-15(14)27-17)22(3)10-23-18(25)24-16(21-23)8-13-9-26-12(2)19-13/h4-7,9,11H,8,10H2,1-3H3/t11-/m0/s1. The van der Waals surface area contributed by atoms with E-state index in [1.54, 1.807) is 27.4 Å². The van der Waals surface area contributed by atoms with Crippen LogP contribution in [0.5, 0.6) is 0 Å². The van der Waals surface area contributed by atoms with E-state index in [2.05, 4.69) is 28.0 Å². The van der Waals surface area contributed by atoms with Gasteiger partial charge in [0.25, 0.3) is 4.84 Å². The van der Waals surface area contributed by atoms with E-state index in [0.29, 0.717) is 23.8 Å².